The van der Waals surface area contributed by atoms with Gasteiger partial charge in [0.15, 0.2) is 0 Å². The Labute approximate surface area is 86.8 Å². The maximum absolute atomic E-state index is 11.5. The fraction of sp³-hybridized carbons (Fsp3) is 0.900. The molecule has 0 heterocycles. The fourth-order valence-corrected chi connectivity index (χ4v) is 1.27. The van der Waals surface area contributed by atoms with Crippen LogP contribution in [0.2, 0.25) is 0 Å². The topological polar surface area (TPSA) is 58.4 Å². The molecule has 0 aromatic rings. The number of rotatable bonds is 6. The van der Waals surface area contributed by atoms with Crippen molar-refractivity contribution in [2.24, 2.45) is 11.7 Å². The summed E-state index contributed by atoms with van der Waals surface area (Å²) in [6.07, 6.45) is 0.957. The molecule has 4 heteroatoms. The molecule has 0 saturated heterocycles. The minimum absolute atomic E-state index is 0.0267. The molecule has 4 nitrogen and oxygen atoms in total. The third-order valence-corrected chi connectivity index (χ3v) is 2.31. The average molecular weight is 201 g/mol. The number of urea groups is 1. The summed E-state index contributed by atoms with van der Waals surface area (Å²) in [7, 11) is 0. The van der Waals surface area contributed by atoms with Crippen molar-refractivity contribution in [3.8, 4) is 0 Å². The fourth-order valence-electron chi connectivity index (χ4n) is 1.27. The largest absolute Gasteiger partial charge is 0.338 e. The SMILES string of the molecule is CCN(CC)C(=O)NCC(C)CCN. The Hall–Kier alpha value is -0.770. The molecule has 0 fully saturated rings. The van der Waals surface area contributed by atoms with Gasteiger partial charge in [0.2, 0.25) is 0 Å². The van der Waals surface area contributed by atoms with Gasteiger partial charge >= 0.3 is 6.03 Å². The van der Waals surface area contributed by atoms with Crippen molar-refractivity contribution in [2.75, 3.05) is 26.2 Å². The molecule has 0 saturated carbocycles. The molecule has 0 aliphatic rings. The standard InChI is InChI=1S/C10H23N3O/c1-4-13(5-2)10(14)12-8-9(3)6-7-11/h9H,4-8,11H2,1-3H3,(H,12,14). The highest BCUT2D eigenvalue weighted by molar-refractivity contribution is 5.74. The van der Waals surface area contributed by atoms with Crippen molar-refractivity contribution in [1.29, 1.82) is 0 Å². The number of nitrogens with one attached hydrogen (secondary N) is 1. The molecule has 3 N–H and O–H groups in total. The van der Waals surface area contributed by atoms with Gasteiger partial charge in [0.05, 0.1) is 0 Å². The lowest BCUT2D eigenvalue weighted by molar-refractivity contribution is 0.201. The predicted octanol–water partition coefficient (Wildman–Crippen LogP) is 1.02. The van der Waals surface area contributed by atoms with Crippen LogP contribution < -0.4 is 11.1 Å². The number of nitrogens with two attached hydrogens (primary N) is 1. The third kappa shape index (κ3) is 5.07. The van der Waals surface area contributed by atoms with Gasteiger partial charge < -0.3 is 16.0 Å². The summed E-state index contributed by atoms with van der Waals surface area (Å²) in [6.45, 7) is 8.96. The van der Waals surface area contributed by atoms with Crippen LogP contribution in [-0.2, 0) is 0 Å². The molecule has 1 unspecified atom stereocenters. The van der Waals surface area contributed by atoms with Crippen LogP contribution in [0.15, 0.2) is 0 Å². The summed E-state index contributed by atoms with van der Waals surface area (Å²) >= 11 is 0. The van der Waals surface area contributed by atoms with Gasteiger partial charge in [-0.3, -0.25) is 0 Å². The first kappa shape index (κ1) is 13.2. The van der Waals surface area contributed by atoms with Gasteiger partial charge in [-0.05, 0) is 32.7 Å². The van der Waals surface area contributed by atoms with E-state index in [0.29, 0.717) is 19.0 Å². The van der Waals surface area contributed by atoms with E-state index in [2.05, 4.69) is 12.2 Å². The smallest absolute Gasteiger partial charge is 0.317 e. The van der Waals surface area contributed by atoms with Crippen LogP contribution in [0, 0.1) is 5.92 Å². The van der Waals surface area contributed by atoms with Gasteiger partial charge in [-0.1, -0.05) is 6.92 Å². The van der Waals surface area contributed by atoms with Crippen LogP contribution in [0.4, 0.5) is 4.79 Å². The van der Waals surface area contributed by atoms with Gasteiger partial charge in [-0.25, -0.2) is 4.79 Å². The van der Waals surface area contributed by atoms with E-state index in [0.717, 1.165) is 19.5 Å². The first-order valence-electron chi connectivity index (χ1n) is 5.38. The van der Waals surface area contributed by atoms with Crippen LogP contribution in [0.5, 0.6) is 0 Å². The van der Waals surface area contributed by atoms with Gasteiger partial charge in [0.1, 0.15) is 0 Å². The van der Waals surface area contributed by atoms with E-state index in [1.54, 1.807) is 4.90 Å². The Morgan fingerprint density at radius 1 is 1.43 bits per heavy atom. The predicted molar refractivity (Wildman–Crippen MR) is 59.2 cm³/mol. The molecule has 14 heavy (non-hydrogen) atoms. The number of carbonyl (C=O) groups is 1. The molecule has 2 amide bonds. The van der Waals surface area contributed by atoms with Gasteiger partial charge in [0.25, 0.3) is 0 Å². The first-order chi connectivity index (χ1) is 6.65. The Morgan fingerprint density at radius 2 is 2.00 bits per heavy atom. The molecule has 1 atom stereocenters. The number of amides is 2. The zero-order valence-electron chi connectivity index (χ0n) is 9.55. The number of hydrogen-bond acceptors (Lipinski definition) is 2. The third-order valence-electron chi connectivity index (χ3n) is 2.31. The maximum atomic E-state index is 11.5. The summed E-state index contributed by atoms with van der Waals surface area (Å²) in [5.74, 6) is 0.458. The summed E-state index contributed by atoms with van der Waals surface area (Å²) in [5, 5.41) is 2.90. The van der Waals surface area contributed by atoms with Crippen molar-refractivity contribution in [3.63, 3.8) is 0 Å². The first-order valence-corrected chi connectivity index (χ1v) is 5.38. The highest BCUT2D eigenvalue weighted by Gasteiger charge is 2.09. The van der Waals surface area contributed by atoms with Crippen LogP contribution in [-0.4, -0.2) is 37.1 Å². The van der Waals surface area contributed by atoms with E-state index in [4.69, 9.17) is 5.73 Å². The zero-order chi connectivity index (χ0) is 11.0. The monoisotopic (exact) mass is 201 g/mol. The summed E-state index contributed by atoms with van der Waals surface area (Å²) < 4.78 is 0. The summed E-state index contributed by atoms with van der Waals surface area (Å²) in [4.78, 5) is 13.3. The molecular weight excluding hydrogens is 178 g/mol. The quantitative estimate of drug-likeness (QED) is 0.674. The average Bonchev–Trinajstić information content (AvgIpc) is 2.17. The Bertz CT molecular complexity index is 157. The highest BCUT2D eigenvalue weighted by atomic mass is 16.2. The van der Waals surface area contributed by atoms with E-state index >= 15 is 0 Å². The molecule has 0 radical (unpaired) electrons. The Balaban J connectivity index is 3.71. The second-order valence-corrected chi connectivity index (χ2v) is 3.54. The molecule has 0 spiro atoms. The van der Waals surface area contributed by atoms with E-state index in [-0.39, 0.29) is 6.03 Å². The van der Waals surface area contributed by atoms with Gasteiger partial charge in [0, 0.05) is 19.6 Å². The normalized spacial score (nSPS) is 12.3. The van der Waals surface area contributed by atoms with E-state index in [1.807, 2.05) is 13.8 Å². The van der Waals surface area contributed by atoms with E-state index < -0.39 is 0 Å². The zero-order valence-corrected chi connectivity index (χ0v) is 9.55. The lowest BCUT2D eigenvalue weighted by atomic mass is 10.1. The minimum Gasteiger partial charge on any atom is -0.338 e. The Morgan fingerprint density at radius 3 is 2.43 bits per heavy atom. The van der Waals surface area contributed by atoms with Crippen molar-refractivity contribution in [2.45, 2.75) is 27.2 Å². The van der Waals surface area contributed by atoms with Gasteiger partial charge in [-0.2, -0.15) is 0 Å². The molecular formula is C10H23N3O. The second-order valence-electron chi connectivity index (χ2n) is 3.54. The van der Waals surface area contributed by atoms with Crippen molar-refractivity contribution in [1.82, 2.24) is 10.2 Å². The van der Waals surface area contributed by atoms with E-state index in [1.165, 1.54) is 0 Å². The van der Waals surface area contributed by atoms with Crippen LogP contribution in [0.1, 0.15) is 27.2 Å². The van der Waals surface area contributed by atoms with Crippen molar-refractivity contribution in [3.05, 3.63) is 0 Å². The van der Waals surface area contributed by atoms with Gasteiger partial charge in [-0.15, -0.1) is 0 Å². The van der Waals surface area contributed by atoms with E-state index in [9.17, 15) is 4.79 Å². The van der Waals surface area contributed by atoms with Crippen LogP contribution in [0.25, 0.3) is 0 Å². The molecule has 0 aliphatic heterocycles. The molecule has 0 rings (SSSR count). The summed E-state index contributed by atoms with van der Waals surface area (Å²) in [5.41, 5.74) is 5.42. The number of hydrogen-bond donors (Lipinski definition) is 2. The lowest BCUT2D eigenvalue weighted by Gasteiger charge is -2.20. The van der Waals surface area contributed by atoms with Crippen molar-refractivity contribution < 1.29 is 4.79 Å². The molecule has 0 aromatic heterocycles. The Kier molecular flexibility index (Phi) is 7.20. The van der Waals surface area contributed by atoms with Crippen LogP contribution in [0.3, 0.4) is 0 Å². The number of carbonyl (C=O) groups excluding carboxylic acids is 1. The lowest BCUT2D eigenvalue weighted by Crippen LogP contribution is -2.41. The molecule has 0 bridgehead atoms. The second kappa shape index (κ2) is 7.62. The van der Waals surface area contributed by atoms with Crippen molar-refractivity contribution >= 4 is 6.03 Å². The number of nitrogens with zero attached hydrogens (tertiary/aromatic N) is 1. The van der Waals surface area contributed by atoms with Crippen LogP contribution >= 0.6 is 0 Å². The minimum atomic E-state index is 0.0267. The molecule has 0 aromatic carbocycles. The maximum Gasteiger partial charge on any atom is 0.317 e. The summed E-state index contributed by atoms with van der Waals surface area (Å²) in [6, 6.07) is 0.0267. The molecule has 84 valence electrons. The molecule has 0 aliphatic carbocycles. The highest BCUT2D eigenvalue weighted by Crippen LogP contribution is 1.98.